The second-order valence-electron chi connectivity index (χ2n) is 7.24. The highest BCUT2D eigenvalue weighted by molar-refractivity contribution is 6.14. The second-order valence-corrected chi connectivity index (χ2v) is 7.24. The van der Waals surface area contributed by atoms with Crippen molar-refractivity contribution < 1.29 is 9.59 Å². The number of aromatic nitrogens is 2. The van der Waals surface area contributed by atoms with Gasteiger partial charge in [-0.2, -0.15) is 5.10 Å². The minimum atomic E-state index is -1.04. The van der Waals surface area contributed by atoms with Crippen LogP contribution in [0.3, 0.4) is 0 Å². The van der Waals surface area contributed by atoms with Gasteiger partial charge in [0.15, 0.2) is 0 Å². The van der Waals surface area contributed by atoms with Gasteiger partial charge < -0.3 is 10.6 Å². The molecule has 134 valence electrons. The molecule has 0 saturated heterocycles. The van der Waals surface area contributed by atoms with Crippen LogP contribution in [0, 0.1) is 13.8 Å². The maximum absolute atomic E-state index is 13.0. The van der Waals surface area contributed by atoms with Crippen LogP contribution < -0.4 is 10.6 Å². The topological polar surface area (TPSA) is 76.0 Å². The highest BCUT2D eigenvalue weighted by Gasteiger charge is 2.54. The van der Waals surface area contributed by atoms with Crippen molar-refractivity contribution in [2.75, 3.05) is 10.6 Å². The van der Waals surface area contributed by atoms with E-state index in [-0.39, 0.29) is 18.2 Å². The molecule has 1 unspecified atom stereocenters. The molecule has 0 bridgehead atoms. The van der Waals surface area contributed by atoms with E-state index >= 15 is 0 Å². The predicted octanol–water partition coefficient (Wildman–Crippen LogP) is 3.07. The number of aryl methyl sites for hydroxylation is 2. The summed E-state index contributed by atoms with van der Waals surface area (Å²) in [6.45, 7) is 4.04. The quantitative estimate of drug-likeness (QED) is 0.702. The summed E-state index contributed by atoms with van der Waals surface area (Å²) in [5.41, 5.74) is 4.35. The smallest absolute Gasteiger partial charge is 0.240 e. The lowest BCUT2D eigenvalue weighted by Gasteiger charge is -2.31. The van der Waals surface area contributed by atoms with Crippen LogP contribution in [0.4, 0.5) is 11.5 Å². The van der Waals surface area contributed by atoms with Crippen molar-refractivity contribution in [3.63, 3.8) is 0 Å². The Morgan fingerprint density at radius 3 is 2.67 bits per heavy atom. The Morgan fingerprint density at radius 2 is 1.85 bits per heavy atom. The van der Waals surface area contributed by atoms with E-state index in [0.29, 0.717) is 5.82 Å². The Kier molecular flexibility index (Phi) is 3.10. The summed E-state index contributed by atoms with van der Waals surface area (Å²) in [6, 6.07) is 13.6. The first kappa shape index (κ1) is 15.8. The van der Waals surface area contributed by atoms with Crippen LogP contribution >= 0.6 is 0 Å². The third-order valence-corrected chi connectivity index (χ3v) is 5.52. The van der Waals surface area contributed by atoms with Crippen molar-refractivity contribution in [3.05, 3.63) is 70.9 Å². The molecule has 6 nitrogen and oxygen atoms in total. The fraction of sp³-hybridized carbons (Fsp3) is 0.190. The molecule has 0 aliphatic carbocycles. The van der Waals surface area contributed by atoms with Gasteiger partial charge in [-0.05, 0) is 37.1 Å². The van der Waals surface area contributed by atoms with Crippen LogP contribution in [-0.4, -0.2) is 21.6 Å². The minimum Gasteiger partial charge on any atom is -0.325 e. The summed E-state index contributed by atoms with van der Waals surface area (Å²) in [5, 5.41) is 10.4. The van der Waals surface area contributed by atoms with E-state index in [9.17, 15) is 9.59 Å². The molecule has 1 atom stereocenters. The highest BCUT2D eigenvalue weighted by Crippen LogP contribution is 2.50. The van der Waals surface area contributed by atoms with Crippen molar-refractivity contribution in [2.45, 2.75) is 25.7 Å². The van der Waals surface area contributed by atoms with E-state index in [0.717, 1.165) is 33.6 Å². The number of carbonyl (C=O) groups is 2. The zero-order valence-corrected chi connectivity index (χ0v) is 15.0. The Hall–Kier alpha value is -3.41. The lowest BCUT2D eigenvalue weighted by atomic mass is 9.72. The summed E-state index contributed by atoms with van der Waals surface area (Å²) >= 11 is 0. The molecule has 1 spiro atoms. The van der Waals surface area contributed by atoms with Crippen LogP contribution in [-0.2, 0) is 15.0 Å². The molecule has 3 aromatic rings. The third kappa shape index (κ3) is 2.04. The standard InChI is InChI=1S/C21H18N4O2/c1-12-7-8-17(13(2)9-12)25-19-15(11-22-25)21(10-18(26)24-19)14-5-3-4-6-16(14)23-20(21)27/h3-9,11H,10H2,1-2H3,(H,23,27)(H,24,26). The van der Waals surface area contributed by atoms with E-state index in [1.165, 1.54) is 0 Å². The lowest BCUT2D eigenvalue weighted by molar-refractivity contribution is -0.125. The van der Waals surface area contributed by atoms with Crippen molar-refractivity contribution in [1.29, 1.82) is 0 Å². The SMILES string of the molecule is Cc1ccc(-n2ncc3c2NC(=O)CC32C(=O)Nc3ccccc32)c(C)c1. The number of carbonyl (C=O) groups excluding carboxylic acids is 2. The molecule has 1 aromatic heterocycles. The Labute approximate surface area is 156 Å². The molecule has 2 amide bonds. The molecule has 2 N–H and O–H groups in total. The molecule has 0 saturated carbocycles. The molecule has 0 radical (unpaired) electrons. The molecular weight excluding hydrogens is 340 g/mol. The van der Waals surface area contributed by atoms with Crippen molar-refractivity contribution in [2.24, 2.45) is 0 Å². The Balaban J connectivity index is 1.77. The number of nitrogens with one attached hydrogen (secondary N) is 2. The van der Waals surface area contributed by atoms with Gasteiger partial charge in [0.1, 0.15) is 11.2 Å². The number of anilines is 2. The molecule has 0 fully saturated rings. The van der Waals surface area contributed by atoms with Gasteiger partial charge in [-0.3, -0.25) is 9.59 Å². The maximum atomic E-state index is 13.0. The molecular formula is C21H18N4O2. The first-order valence-corrected chi connectivity index (χ1v) is 8.87. The molecule has 2 aliphatic rings. The number of rotatable bonds is 1. The van der Waals surface area contributed by atoms with Gasteiger partial charge in [0, 0.05) is 17.7 Å². The van der Waals surface area contributed by atoms with Gasteiger partial charge in [0.25, 0.3) is 0 Å². The number of benzene rings is 2. The number of nitrogens with zero attached hydrogens (tertiary/aromatic N) is 2. The van der Waals surface area contributed by atoms with Gasteiger partial charge in [0.2, 0.25) is 11.8 Å². The molecule has 5 rings (SSSR count). The minimum absolute atomic E-state index is 0.0709. The van der Waals surface area contributed by atoms with Gasteiger partial charge >= 0.3 is 0 Å². The van der Waals surface area contributed by atoms with Gasteiger partial charge in [-0.25, -0.2) is 4.68 Å². The molecule has 2 aliphatic heterocycles. The number of fused-ring (bicyclic) bond motifs is 4. The Morgan fingerprint density at radius 1 is 1.04 bits per heavy atom. The zero-order chi connectivity index (χ0) is 18.8. The van der Waals surface area contributed by atoms with E-state index in [1.807, 2.05) is 50.2 Å². The first-order valence-electron chi connectivity index (χ1n) is 8.87. The lowest BCUT2D eigenvalue weighted by Crippen LogP contribution is -2.43. The van der Waals surface area contributed by atoms with Crippen LogP contribution in [0.1, 0.15) is 28.7 Å². The molecule has 3 heterocycles. The highest BCUT2D eigenvalue weighted by atomic mass is 16.2. The fourth-order valence-electron chi connectivity index (χ4n) is 4.28. The average Bonchev–Trinajstić information content (AvgIpc) is 3.16. The fourth-order valence-corrected chi connectivity index (χ4v) is 4.28. The number of hydrogen-bond donors (Lipinski definition) is 2. The van der Waals surface area contributed by atoms with Crippen molar-refractivity contribution >= 4 is 23.3 Å². The number of para-hydroxylation sites is 1. The summed E-state index contributed by atoms with van der Waals surface area (Å²) in [4.78, 5) is 25.7. The molecule has 2 aromatic carbocycles. The Bertz CT molecular complexity index is 1130. The number of hydrogen-bond acceptors (Lipinski definition) is 3. The van der Waals surface area contributed by atoms with E-state index in [1.54, 1.807) is 10.9 Å². The summed E-state index contributed by atoms with van der Waals surface area (Å²) in [5.74, 6) is 0.186. The zero-order valence-electron chi connectivity index (χ0n) is 15.0. The largest absolute Gasteiger partial charge is 0.325 e. The van der Waals surface area contributed by atoms with E-state index < -0.39 is 5.41 Å². The predicted molar refractivity (Wildman–Crippen MR) is 102 cm³/mol. The van der Waals surface area contributed by atoms with Crippen LogP contribution in [0.5, 0.6) is 0 Å². The van der Waals surface area contributed by atoms with Crippen LogP contribution in [0.25, 0.3) is 5.69 Å². The van der Waals surface area contributed by atoms with Crippen LogP contribution in [0.15, 0.2) is 48.7 Å². The second kappa shape index (κ2) is 5.30. The summed E-state index contributed by atoms with van der Waals surface area (Å²) in [6.07, 6.45) is 1.77. The molecule has 27 heavy (non-hydrogen) atoms. The number of amides is 2. The molecule has 6 heteroatoms. The average molecular weight is 358 g/mol. The van der Waals surface area contributed by atoms with E-state index in [4.69, 9.17) is 0 Å². The normalized spacial score (nSPS) is 20.2. The van der Waals surface area contributed by atoms with Gasteiger partial charge in [-0.15, -0.1) is 0 Å². The third-order valence-electron chi connectivity index (χ3n) is 5.52. The van der Waals surface area contributed by atoms with Crippen LogP contribution in [0.2, 0.25) is 0 Å². The summed E-state index contributed by atoms with van der Waals surface area (Å²) in [7, 11) is 0. The monoisotopic (exact) mass is 358 g/mol. The van der Waals surface area contributed by atoms with E-state index in [2.05, 4.69) is 21.8 Å². The van der Waals surface area contributed by atoms with Gasteiger partial charge in [-0.1, -0.05) is 35.9 Å². The van der Waals surface area contributed by atoms with Gasteiger partial charge in [0.05, 0.1) is 11.9 Å². The van der Waals surface area contributed by atoms with Crippen molar-refractivity contribution in [1.82, 2.24) is 9.78 Å². The van der Waals surface area contributed by atoms with Crippen molar-refractivity contribution in [3.8, 4) is 5.69 Å². The first-order chi connectivity index (χ1) is 13.0. The maximum Gasteiger partial charge on any atom is 0.240 e. The summed E-state index contributed by atoms with van der Waals surface area (Å²) < 4.78 is 1.72.